The Morgan fingerprint density at radius 1 is 0.944 bits per heavy atom. The Morgan fingerprint density at radius 3 is 2.36 bits per heavy atom. The molecule has 0 saturated heterocycles. The zero-order valence-corrected chi connectivity index (χ0v) is 21.3. The number of halogens is 1. The molecule has 0 fully saturated rings. The Hall–Kier alpha value is -3.77. The van der Waals surface area contributed by atoms with E-state index in [4.69, 9.17) is 25.5 Å². The maximum atomic E-state index is 13.7. The summed E-state index contributed by atoms with van der Waals surface area (Å²) in [5, 5.41) is 0.854. The Balaban J connectivity index is 1.60. The van der Waals surface area contributed by atoms with Crippen LogP contribution in [0.1, 0.15) is 44.4 Å². The molecule has 1 atom stereocenters. The number of aryl methyl sites for hydroxylation is 2. The number of ether oxygens (including phenoxy) is 2. The summed E-state index contributed by atoms with van der Waals surface area (Å²) in [6.45, 7) is 4.21. The second-order valence-corrected chi connectivity index (χ2v) is 9.43. The summed E-state index contributed by atoms with van der Waals surface area (Å²) < 4.78 is 16.8. The Kier molecular flexibility index (Phi) is 6.22. The standard InChI is InChI=1S/C29H26ClNO5/c1-16-5-8-19(9-6-16)26-25-27(32)20-15-21(30)17(2)13-23(20)36-28(25)29(33)31(26)12-11-18-7-10-22(34-3)24(14-18)35-4/h5-10,13-15,26H,11-12H2,1-4H3/t26-/m1/s1. The van der Waals surface area contributed by atoms with Gasteiger partial charge in [0.2, 0.25) is 5.76 Å². The normalized spacial score (nSPS) is 14.9. The van der Waals surface area contributed by atoms with Gasteiger partial charge in [-0.05, 0) is 61.2 Å². The first-order valence-electron chi connectivity index (χ1n) is 11.7. The van der Waals surface area contributed by atoms with Gasteiger partial charge in [-0.1, -0.05) is 47.5 Å². The van der Waals surface area contributed by atoms with Crippen LogP contribution in [-0.2, 0) is 6.42 Å². The van der Waals surface area contributed by atoms with Gasteiger partial charge in [0.25, 0.3) is 5.91 Å². The molecule has 0 bridgehead atoms. The smallest absolute Gasteiger partial charge is 0.290 e. The van der Waals surface area contributed by atoms with E-state index in [-0.39, 0.29) is 17.1 Å². The molecule has 0 radical (unpaired) electrons. The molecular weight excluding hydrogens is 478 g/mol. The lowest BCUT2D eigenvalue weighted by molar-refractivity contribution is 0.0730. The van der Waals surface area contributed by atoms with Gasteiger partial charge in [-0.15, -0.1) is 0 Å². The van der Waals surface area contributed by atoms with E-state index in [9.17, 15) is 9.59 Å². The summed E-state index contributed by atoms with van der Waals surface area (Å²) in [6, 6.07) is 16.3. The largest absolute Gasteiger partial charge is 0.493 e. The highest BCUT2D eigenvalue weighted by Gasteiger charge is 2.42. The van der Waals surface area contributed by atoms with Gasteiger partial charge >= 0.3 is 0 Å². The summed E-state index contributed by atoms with van der Waals surface area (Å²) in [6.07, 6.45) is 0.557. The number of amides is 1. The zero-order chi connectivity index (χ0) is 25.6. The van der Waals surface area contributed by atoms with Crippen molar-refractivity contribution in [3.8, 4) is 11.5 Å². The van der Waals surface area contributed by atoms with Crippen LogP contribution < -0.4 is 14.9 Å². The molecule has 0 spiro atoms. The molecule has 5 rings (SSSR count). The van der Waals surface area contributed by atoms with Crippen LogP contribution in [0, 0.1) is 13.8 Å². The maximum absolute atomic E-state index is 13.7. The molecule has 2 heterocycles. The summed E-state index contributed by atoms with van der Waals surface area (Å²) in [7, 11) is 3.18. The Labute approximate surface area is 214 Å². The fourth-order valence-electron chi connectivity index (χ4n) is 4.75. The van der Waals surface area contributed by atoms with Crippen LogP contribution in [0.5, 0.6) is 11.5 Å². The van der Waals surface area contributed by atoms with Gasteiger partial charge < -0.3 is 18.8 Å². The second kappa shape index (κ2) is 9.36. The number of carbonyl (C=O) groups is 1. The summed E-state index contributed by atoms with van der Waals surface area (Å²) in [5.41, 5.74) is 4.17. The second-order valence-electron chi connectivity index (χ2n) is 9.02. The third kappa shape index (κ3) is 4.01. The van der Waals surface area contributed by atoms with E-state index in [1.807, 2.05) is 56.3 Å². The molecular formula is C29H26ClNO5. The lowest BCUT2D eigenvalue weighted by atomic mass is 9.97. The number of hydrogen-bond acceptors (Lipinski definition) is 5. The molecule has 7 heteroatoms. The SMILES string of the molecule is COc1ccc(CCN2C(=O)c3oc4cc(C)c(Cl)cc4c(=O)c3[C@H]2c2ccc(C)cc2)cc1OC. The third-order valence-corrected chi connectivity index (χ3v) is 7.14. The maximum Gasteiger partial charge on any atom is 0.290 e. The van der Waals surface area contributed by atoms with Crippen molar-refractivity contribution in [3.05, 3.63) is 103 Å². The molecule has 6 nitrogen and oxygen atoms in total. The lowest BCUT2D eigenvalue weighted by Crippen LogP contribution is -2.31. The minimum atomic E-state index is -0.561. The highest BCUT2D eigenvalue weighted by molar-refractivity contribution is 6.32. The molecule has 0 saturated carbocycles. The predicted octanol–water partition coefficient (Wildman–Crippen LogP) is 5.87. The van der Waals surface area contributed by atoms with Crippen molar-refractivity contribution in [2.75, 3.05) is 20.8 Å². The van der Waals surface area contributed by atoms with Gasteiger partial charge in [0.1, 0.15) is 5.58 Å². The molecule has 1 aliphatic rings. The number of methoxy groups -OCH3 is 2. The highest BCUT2D eigenvalue weighted by atomic mass is 35.5. The minimum absolute atomic E-state index is 0.0899. The van der Waals surface area contributed by atoms with Crippen molar-refractivity contribution < 1.29 is 18.7 Å². The number of fused-ring (bicyclic) bond motifs is 2. The van der Waals surface area contributed by atoms with Crippen molar-refractivity contribution in [1.82, 2.24) is 4.90 Å². The fraction of sp³-hybridized carbons (Fsp3) is 0.241. The van der Waals surface area contributed by atoms with Gasteiger partial charge in [-0.25, -0.2) is 0 Å². The molecule has 0 N–H and O–H groups in total. The lowest BCUT2D eigenvalue weighted by Gasteiger charge is -2.25. The first kappa shape index (κ1) is 23.9. The monoisotopic (exact) mass is 503 g/mol. The van der Waals surface area contributed by atoms with Gasteiger partial charge in [-0.3, -0.25) is 9.59 Å². The molecule has 184 valence electrons. The van der Waals surface area contributed by atoms with Crippen LogP contribution in [0.25, 0.3) is 11.0 Å². The number of carbonyl (C=O) groups excluding carboxylic acids is 1. The highest BCUT2D eigenvalue weighted by Crippen LogP contribution is 2.39. The van der Waals surface area contributed by atoms with Gasteiger partial charge in [0, 0.05) is 11.6 Å². The molecule has 0 aliphatic carbocycles. The summed E-state index contributed by atoms with van der Waals surface area (Å²) in [5.74, 6) is 1.05. The van der Waals surface area contributed by atoms with Crippen LogP contribution >= 0.6 is 11.6 Å². The average Bonchev–Trinajstić information content (AvgIpc) is 3.16. The zero-order valence-electron chi connectivity index (χ0n) is 20.6. The van der Waals surface area contributed by atoms with E-state index in [0.29, 0.717) is 46.0 Å². The number of nitrogens with zero attached hydrogens (tertiary/aromatic N) is 1. The van der Waals surface area contributed by atoms with E-state index < -0.39 is 6.04 Å². The molecule has 1 aliphatic heterocycles. The quantitative estimate of drug-likeness (QED) is 0.329. The molecule has 4 aromatic rings. The summed E-state index contributed by atoms with van der Waals surface area (Å²) >= 11 is 6.33. The van der Waals surface area contributed by atoms with Crippen LogP contribution in [0.2, 0.25) is 5.02 Å². The Morgan fingerprint density at radius 2 is 1.67 bits per heavy atom. The van der Waals surface area contributed by atoms with Crippen molar-refractivity contribution >= 4 is 28.5 Å². The van der Waals surface area contributed by atoms with Crippen molar-refractivity contribution in [2.24, 2.45) is 0 Å². The van der Waals surface area contributed by atoms with Crippen molar-refractivity contribution in [2.45, 2.75) is 26.3 Å². The molecule has 3 aromatic carbocycles. The minimum Gasteiger partial charge on any atom is -0.493 e. The van der Waals surface area contributed by atoms with E-state index in [2.05, 4.69) is 0 Å². The van der Waals surface area contributed by atoms with Crippen LogP contribution in [-0.4, -0.2) is 31.6 Å². The number of hydrogen-bond donors (Lipinski definition) is 0. The van der Waals surface area contributed by atoms with E-state index in [1.165, 1.54) is 0 Å². The van der Waals surface area contributed by atoms with Crippen molar-refractivity contribution in [1.29, 1.82) is 0 Å². The average molecular weight is 504 g/mol. The molecule has 1 amide bonds. The van der Waals surface area contributed by atoms with Gasteiger partial charge in [0.05, 0.1) is 31.2 Å². The van der Waals surface area contributed by atoms with E-state index >= 15 is 0 Å². The van der Waals surface area contributed by atoms with Crippen LogP contribution in [0.3, 0.4) is 0 Å². The summed E-state index contributed by atoms with van der Waals surface area (Å²) in [4.78, 5) is 29.1. The first-order valence-corrected chi connectivity index (χ1v) is 12.1. The predicted molar refractivity (Wildman–Crippen MR) is 140 cm³/mol. The van der Waals surface area contributed by atoms with E-state index in [1.54, 1.807) is 31.3 Å². The third-order valence-electron chi connectivity index (χ3n) is 6.73. The topological polar surface area (TPSA) is 69.0 Å². The number of benzene rings is 3. The van der Waals surface area contributed by atoms with E-state index in [0.717, 1.165) is 22.3 Å². The van der Waals surface area contributed by atoms with Gasteiger partial charge in [-0.2, -0.15) is 0 Å². The molecule has 1 aromatic heterocycles. The fourth-order valence-corrected chi connectivity index (χ4v) is 4.92. The van der Waals surface area contributed by atoms with Crippen LogP contribution in [0.4, 0.5) is 0 Å². The van der Waals surface area contributed by atoms with Crippen molar-refractivity contribution in [3.63, 3.8) is 0 Å². The Bertz CT molecular complexity index is 1540. The molecule has 36 heavy (non-hydrogen) atoms. The van der Waals surface area contributed by atoms with Gasteiger partial charge in [0.15, 0.2) is 16.9 Å². The number of rotatable bonds is 6. The first-order chi connectivity index (χ1) is 17.3. The van der Waals surface area contributed by atoms with Crippen LogP contribution in [0.15, 0.2) is 63.8 Å². The molecule has 0 unspecified atom stereocenters.